The lowest BCUT2D eigenvalue weighted by Crippen LogP contribution is -2.10. The second-order valence-electron chi connectivity index (χ2n) is 5.64. The molecule has 0 saturated heterocycles. The van der Waals surface area contributed by atoms with Gasteiger partial charge in [0.15, 0.2) is 11.6 Å². The van der Waals surface area contributed by atoms with Crippen molar-refractivity contribution in [3.8, 4) is 29.0 Å². The second-order valence-corrected chi connectivity index (χ2v) is 5.64. The van der Waals surface area contributed by atoms with Crippen LogP contribution in [0.25, 0.3) is 27.8 Å². The zero-order chi connectivity index (χ0) is 19.1. The number of aromatic nitrogens is 4. The maximum absolute atomic E-state index is 14.2. The average Bonchev–Trinajstić information content (AvgIpc) is 3.35. The monoisotopic (exact) mass is 361 g/mol. The summed E-state index contributed by atoms with van der Waals surface area (Å²) in [5.74, 6) is -2.85. The maximum Gasteiger partial charge on any atom is 0.184 e. The fraction of sp³-hybridized carbons (Fsp3) is 0. The predicted octanol–water partition coefficient (Wildman–Crippen LogP) is 3.02. The van der Waals surface area contributed by atoms with Gasteiger partial charge in [0.1, 0.15) is 34.6 Å². The Bertz CT molecular complexity index is 1250. The molecule has 0 spiro atoms. The second kappa shape index (κ2) is 5.93. The third-order valence-corrected chi connectivity index (χ3v) is 4.20. The Labute approximate surface area is 150 Å². The minimum absolute atomic E-state index is 0.206. The number of nitrogens with two attached hydrogens (primary N) is 1. The van der Waals surface area contributed by atoms with Crippen molar-refractivity contribution in [2.45, 2.75) is 0 Å². The SMILES string of the molecule is N#Cc1c(N)c(F)c(F)c(C#N)c1-n1cc(-c2ccnc3[nH]ccc23)cn1. The molecule has 4 rings (SSSR count). The molecule has 0 saturated carbocycles. The summed E-state index contributed by atoms with van der Waals surface area (Å²) in [6.45, 7) is 0. The van der Waals surface area contributed by atoms with Gasteiger partial charge in [-0.15, -0.1) is 0 Å². The number of nitrogens with one attached hydrogen (secondary N) is 1. The first-order chi connectivity index (χ1) is 13.1. The Morgan fingerprint density at radius 2 is 1.89 bits per heavy atom. The van der Waals surface area contributed by atoms with E-state index in [0.29, 0.717) is 11.2 Å². The van der Waals surface area contributed by atoms with Crippen molar-refractivity contribution in [3.05, 3.63) is 59.7 Å². The zero-order valence-electron chi connectivity index (χ0n) is 13.5. The fourth-order valence-electron chi connectivity index (χ4n) is 2.94. The standard InChI is InChI=1S/C18H9F2N7/c19-14-12(5-21)17(13(6-22)16(23)15(14)20)27-8-9(7-26-27)10-1-3-24-18-11(10)2-4-25-18/h1-4,7-8H,23H2,(H,24,25). The van der Waals surface area contributed by atoms with E-state index in [1.807, 2.05) is 6.07 Å². The molecule has 0 radical (unpaired) electrons. The van der Waals surface area contributed by atoms with Gasteiger partial charge in [0, 0.05) is 29.5 Å². The van der Waals surface area contributed by atoms with Crippen LogP contribution in [0.2, 0.25) is 0 Å². The van der Waals surface area contributed by atoms with Crippen LogP contribution in [-0.2, 0) is 0 Å². The molecule has 4 aromatic rings. The molecule has 0 aliphatic carbocycles. The summed E-state index contributed by atoms with van der Waals surface area (Å²) in [6.07, 6.45) is 6.35. The predicted molar refractivity (Wildman–Crippen MR) is 92.4 cm³/mol. The summed E-state index contributed by atoms with van der Waals surface area (Å²) < 4.78 is 29.2. The van der Waals surface area contributed by atoms with Crippen molar-refractivity contribution in [1.82, 2.24) is 19.7 Å². The lowest BCUT2D eigenvalue weighted by Gasteiger charge is -2.11. The summed E-state index contributed by atoms with van der Waals surface area (Å²) in [5.41, 5.74) is 5.76. The quantitative estimate of drug-likeness (QED) is 0.532. The van der Waals surface area contributed by atoms with Gasteiger partial charge in [0.25, 0.3) is 0 Å². The van der Waals surface area contributed by atoms with E-state index in [9.17, 15) is 19.3 Å². The topological polar surface area (TPSA) is 120 Å². The van der Waals surface area contributed by atoms with E-state index in [1.54, 1.807) is 30.6 Å². The number of H-pyrrole nitrogens is 1. The van der Waals surface area contributed by atoms with Crippen LogP contribution >= 0.6 is 0 Å². The smallest absolute Gasteiger partial charge is 0.184 e. The number of aromatic amines is 1. The number of benzene rings is 1. The van der Waals surface area contributed by atoms with Gasteiger partial charge in [-0.05, 0) is 17.7 Å². The van der Waals surface area contributed by atoms with Crippen molar-refractivity contribution in [2.75, 3.05) is 5.73 Å². The molecule has 0 bridgehead atoms. The Balaban J connectivity index is 1.97. The molecule has 27 heavy (non-hydrogen) atoms. The first kappa shape index (κ1) is 16.2. The summed E-state index contributed by atoms with van der Waals surface area (Å²) in [4.78, 5) is 7.20. The van der Waals surface area contributed by atoms with Crippen molar-refractivity contribution in [2.24, 2.45) is 0 Å². The molecule has 0 amide bonds. The molecule has 3 N–H and O–H groups in total. The van der Waals surface area contributed by atoms with Crippen molar-refractivity contribution in [1.29, 1.82) is 10.5 Å². The Morgan fingerprint density at radius 1 is 1.11 bits per heavy atom. The molecule has 9 heteroatoms. The van der Waals surface area contributed by atoms with E-state index in [4.69, 9.17) is 5.73 Å². The lowest BCUT2D eigenvalue weighted by molar-refractivity contribution is 0.508. The van der Waals surface area contributed by atoms with E-state index in [2.05, 4.69) is 15.1 Å². The van der Waals surface area contributed by atoms with Crippen LogP contribution in [0.15, 0.2) is 36.9 Å². The molecule has 0 atom stereocenters. The van der Waals surface area contributed by atoms with E-state index in [-0.39, 0.29) is 11.3 Å². The summed E-state index contributed by atoms with van der Waals surface area (Å²) in [5, 5.41) is 23.6. The van der Waals surface area contributed by atoms with Gasteiger partial charge < -0.3 is 10.7 Å². The van der Waals surface area contributed by atoms with Crippen molar-refractivity contribution in [3.63, 3.8) is 0 Å². The number of nitriles is 2. The number of fused-ring (bicyclic) bond motifs is 1. The van der Waals surface area contributed by atoms with Crippen LogP contribution in [0.4, 0.5) is 14.5 Å². The number of anilines is 1. The van der Waals surface area contributed by atoms with Gasteiger partial charge in [-0.3, -0.25) is 0 Å². The summed E-state index contributed by atoms with van der Waals surface area (Å²) in [7, 11) is 0. The van der Waals surface area contributed by atoms with E-state index >= 15 is 0 Å². The van der Waals surface area contributed by atoms with Crippen molar-refractivity contribution < 1.29 is 8.78 Å². The third-order valence-electron chi connectivity index (χ3n) is 4.20. The Hall–Kier alpha value is -4.24. The largest absolute Gasteiger partial charge is 0.395 e. The van der Waals surface area contributed by atoms with Gasteiger partial charge in [-0.25, -0.2) is 18.4 Å². The zero-order valence-corrected chi connectivity index (χ0v) is 13.5. The number of halogens is 2. The highest BCUT2D eigenvalue weighted by Crippen LogP contribution is 2.32. The minimum Gasteiger partial charge on any atom is -0.395 e. The highest BCUT2D eigenvalue weighted by molar-refractivity contribution is 5.92. The van der Waals surface area contributed by atoms with Gasteiger partial charge in [-0.1, -0.05) is 0 Å². The van der Waals surface area contributed by atoms with Gasteiger partial charge in [0.05, 0.1) is 11.9 Å². The van der Waals surface area contributed by atoms with Crippen LogP contribution in [0.3, 0.4) is 0 Å². The van der Waals surface area contributed by atoms with Crippen LogP contribution in [0.1, 0.15) is 11.1 Å². The molecular formula is C18H9F2N7. The summed E-state index contributed by atoms with van der Waals surface area (Å²) >= 11 is 0. The first-order valence-corrected chi connectivity index (χ1v) is 7.65. The molecule has 0 fully saturated rings. The molecule has 0 aliphatic heterocycles. The third kappa shape index (κ3) is 2.30. The molecular weight excluding hydrogens is 352 g/mol. The fourth-order valence-corrected chi connectivity index (χ4v) is 2.94. The molecule has 0 aliphatic rings. The highest BCUT2D eigenvalue weighted by atomic mass is 19.2. The van der Waals surface area contributed by atoms with E-state index in [1.165, 1.54) is 12.4 Å². The van der Waals surface area contributed by atoms with Crippen LogP contribution < -0.4 is 5.73 Å². The number of rotatable bonds is 2. The molecule has 130 valence electrons. The number of hydrogen-bond donors (Lipinski definition) is 2. The number of nitrogen functional groups attached to an aromatic ring is 1. The van der Waals surface area contributed by atoms with Crippen LogP contribution in [0, 0.1) is 34.3 Å². The molecule has 3 aromatic heterocycles. The molecule has 1 aromatic carbocycles. The summed E-state index contributed by atoms with van der Waals surface area (Å²) in [6, 6.07) is 6.91. The van der Waals surface area contributed by atoms with Gasteiger partial charge >= 0.3 is 0 Å². The molecule has 7 nitrogen and oxygen atoms in total. The number of pyridine rings is 1. The van der Waals surface area contributed by atoms with E-state index < -0.39 is 22.9 Å². The highest BCUT2D eigenvalue weighted by Gasteiger charge is 2.25. The van der Waals surface area contributed by atoms with Gasteiger partial charge in [0.2, 0.25) is 0 Å². The number of nitrogens with zero attached hydrogens (tertiary/aromatic N) is 5. The number of hydrogen-bond acceptors (Lipinski definition) is 5. The maximum atomic E-state index is 14.2. The van der Waals surface area contributed by atoms with Crippen LogP contribution in [-0.4, -0.2) is 19.7 Å². The van der Waals surface area contributed by atoms with Crippen LogP contribution in [0.5, 0.6) is 0 Å². The lowest BCUT2D eigenvalue weighted by atomic mass is 10.0. The molecule has 3 heterocycles. The van der Waals surface area contributed by atoms with Gasteiger partial charge in [-0.2, -0.15) is 15.6 Å². The van der Waals surface area contributed by atoms with E-state index in [0.717, 1.165) is 15.6 Å². The Morgan fingerprint density at radius 3 is 2.63 bits per heavy atom. The normalized spacial score (nSPS) is 10.7. The average molecular weight is 361 g/mol. The Kier molecular flexibility index (Phi) is 3.57. The van der Waals surface area contributed by atoms with Crippen molar-refractivity contribution >= 4 is 16.7 Å². The first-order valence-electron chi connectivity index (χ1n) is 7.65. The minimum atomic E-state index is -1.43. The molecule has 0 unspecified atom stereocenters.